The number of aromatic nitrogens is 6. The summed E-state index contributed by atoms with van der Waals surface area (Å²) in [7, 11) is -1.33. The molecule has 0 radical (unpaired) electrons. The van der Waals surface area contributed by atoms with Gasteiger partial charge in [-0.2, -0.15) is 0 Å². The Morgan fingerprint density at radius 2 is 1.23 bits per heavy atom. The minimum atomic E-state index is -1.33. The van der Waals surface area contributed by atoms with Crippen molar-refractivity contribution in [3.63, 3.8) is 0 Å². The normalized spacial score (nSPS) is 11.4. The molecule has 2 aromatic heterocycles. The molecule has 2 heterocycles. The average Bonchev–Trinajstić information content (AvgIpc) is 3.36. The SMILES string of the molecule is O=S(Cc1cn(-c2ccc(F)c(Cl)c2)nn1)Cc1cn(-c2ccc(F)c(Cl)c2)nn1. The van der Waals surface area contributed by atoms with Crippen LogP contribution < -0.4 is 0 Å². The minimum Gasteiger partial charge on any atom is -0.259 e. The molecule has 12 heteroatoms. The molecular weight excluding hydrogens is 457 g/mol. The van der Waals surface area contributed by atoms with Gasteiger partial charge in [-0.3, -0.25) is 4.21 Å². The van der Waals surface area contributed by atoms with E-state index in [0.717, 1.165) is 0 Å². The zero-order valence-corrected chi connectivity index (χ0v) is 17.4. The second-order valence-corrected chi connectivity index (χ2v) is 8.51. The predicted molar refractivity (Wildman–Crippen MR) is 108 cm³/mol. The summed E-state index contributed by atoms with van der Waals surface area (Å²) >= 11 is 11.6. The Balaban J connectivity index is 1.42. The average molecular weight is 469 g/mol. The fourth-order valence-electron chi connectivity index (χ4n) is 2.62. The summed E-state index contributed by atoms with van der Waals surface area (Å²) in [5.41, 5.74) is 2.05. The van der Waals surface area contributed by atoms with Crippen molar-refractivity contribution in [3.8, 4) is 11.4 Å². The van der Waals surface area contributed by atoms with E-state index in [-0.39, 0.29) is 21.6 Å². The molecule has 2 aromatic carbocycles. The van der Waals surface area contributed by atoms with Crippen LogP contribution in [0.25, 0.3) is 11.4 Å². The lowest BCUT2D eigenvalue weighted by Gasteiger charge is -2.01. The van der Waals surface area contributed by atoms with Gasteiger partial charge in [-0.15, -0.1) is 10.2 Å². The van der Waals surface area contributed by atoms with Crippen molar-refractivity contribution in [3.05, 3.63) is 81.9 Å². The lowest BCUT2D eigenvalue weighted by atomic mass is 10.3. The molecular formula is C18H12Cl2F2N6OS. The van der Waals surface area contributed by atoms with Gasteiger partial charge in [0, 0.05) is 10.8 Å². The molecule has 0 fully saturated rings. The lowest BCUT2D eigenvalue weighted by Crippen LogP contribution is -2.00. The first-order valence-electron chi connectivity index (χ1n) is 8.47. The van der Waals surface area contributed by atoms with Crippen molar-refractivity contribution in [2.24, 2.45) is 0 Å². The molecule has 0 spiro atoms. The van der Waals surface area contributed by atoms with Crippen molar-refractivity contribution in [1.29, 1.82) is 0 Å². The second kappa shape index (κ2) is 8.58. The van der Waals surface area contributed by atoms with Gasteiger partial charge in [0.1, 0.15) is 11.6 Å². The monoisotopic (exact) mass is 468 g/mol. The van der Waals surface area contributed by atoms with Crippen molar-refractivity contribution >= 4 is 34.0 Å². The van der Waals surface area contributed by atoms with E-state index in [0.29, 0.717) is 22.8 Å². The Labute approximate surface area is 181 Å². The topological polar surface area (TPSA) is 78.5 Å². The van der Waals surface area contributed by atoms with E-state index in [1.54, 1.807) is 12.4 Å². The first kappa shape index (κ1) is 20.6. The number of rotatable bonds is 6. The summed E-state index contributed by atoms with van der Waals surface area (Å²) in [6, 6.07) is 8.33. The first-order chi connectivity index (χ1) is 14.4. The van der Waals surface area contributed by atoms with Crippen LogP contribution in [0.15, 0.2) is 48.8 Å². The number of hydrogen-bond donors (Lipinski definition) is 0. The Hall–Kier alpha value is -2.69. The molecule has 0 aliphatic rings. The van der Waals surface area contributed by atoms with E-state index in [4.69, 9.17) is 23.2 Å². The maximum absolute atomic E-state index is 13.3. The number of benzene rings is 2. The van der Waals surface area contributed by atoms with E-state index >= 15 is 0 Å². The van der Waals surface area contributed by atoms with E-state index in [2.05, 4.69) is 20.6 Å². The minimum absolute atomic E-state index is 0.0290. The Morgan fingerprint density at radius 1 is 0.800 bits per heavy atom. The number of halogens is 4. The van der Waals surface area contributed by atoms with Crippen molar-refractivity contribution < 1.29 is 13.0 Å². The fourth-order valence-corrected chi connectivity index (χ4v) is 3.99. The number of nitrogens with zero attached hydrogens (tertiary/aromatic N) is 6. The third kappa shape index (κ3) is 4.55. The summed E-state index contributed by atoms with van der Waals surface area (Å²) in [6.07, 6.45) is 3.19. The molecule has 0 atom stereocenters. The molecule has 0 amide bonds. The molecule has 0 N–H and O–H groups in total. The van der Waals surface area contributed by atoms with Crippen molar-refractivity contribution in [2.45, 2.75) is 11.5 Å². The van der Waals surface area contributed by atoms with Gasteiger partial charge in [-0.05, 0) is 36.4 Å². The van der Waals surface area contributed by atoms with Crippen molar-refractivity contribution in [1.82, 2.24) is 30.0 Å². The molecule has 0 bridgehead atoms. The number of hydrogen-bond acceptors (Lipinski definition) is 5. The molecule has 0 aliphatic heterocycles. The first-order valence-corrected chi connectivity index (χ1v) is 10.7. The van der Waals surface area contributed by atoms with Gasteiger partial charge >= 0.3 is 0 Å². The van der Waals surface area contributed by atoms with Gasteiger partial charge < -0.3 is 0 Å². The Bertz CT molecular complexity index is 1150. The third-order valence-corrected chi connectivity index (χ3v) is 5.85. The smallest absolute Gasteiger partial charge is 0.141 e. The highest BCUT2D eigenvalue weighted by molar-refractivity contribution is 7.83. The molecule has 154 valence electrons. The quantitative estimate of drug-likeness (QED) is 0.428. The standard InChI is InChI=1S/C18H12Cl2F2N6OS/c19-15-5-13(1-3-17(15)21)27-7-11(23-25-27)9-30(29)10-12-8-28(26-24-12)14-2-4-18(22)16(20)6-14/h1-8H,9-10H2. The van der Waals surface area contributed by atoms with Crippen LogP contribution in [0.4, 0.5) is 8.78 Å². The third-order valence-electron chi connectivity index (χ3n) is 4.03. The second-order valence-electron chi connectivity index (χ2n) is 6.23. The van der Waals surface area contributed by atoms with Crippen molar-refractivity contribution in [2.75, 3.05) is 0 Å². The maximum atomic E-state index is 13.3. The molecule has 0 aliphatic carbocycles. The van der Waals surface area contributed by atoms with Crippen LogP contribution in [-0.4, -0.2) is 34.2 Å². The van der Waals surface area contributed by atoms with Gasteiger partial charge in [0.15, 0.2) is 0 Å². The van der Waals surface area contributed by atoms with E-state index < -0.39 is 22.4 Å². The van der Waals surface area contributed by atoms with E-state index in [1.165, 1.54) is 45.8 Å². The summed E-state index contributed by atoms with van der Waals surface area (Å²) in [4.78, 5) is 0. The molecule has 7 nitrogen and oxygen atoms in total. The Morgan fingerprint density at radius 3 is 1.63 bits per heavy atom. The summed E-state index contributed by atoms with van der Waals surface area (Å²) < 4.78 is 41.9. The lowest BCUT2D eigenvalue weighted by molar-refractivity contribution is 0.627. The summed E-state index contributed by atoms with van der Waals surface area (Å²) in [6.45, 7) is 0. The van der Waals surface area contributed by atoms with Gasteiger partial charge in [0.2, 0.25) is 0 Å². The molecule has 0 saturated carbocycles. The van der Waals surface area contributed by atoms with Crippen LogP contribution in [0.5, 0.6) is 0 Å². The maximum Gasteiger partial charge on any atom is 0.141 e. The van der Waals surface area contributed by atoms with Gasteiger partial charge in [0.25, 0.3) is 0 Å². The zero-order chi connectivity index (χ0) is 21.3. The summed E-state index contributed by atoms with van der Waals surface area (Å²) in [5.74, 6) is -0.774. The zero-order valence-electron chi connectivity index (χ0n) is 15.0. The van der Waals surface area contributed by atoms with Crippen LogP contribution in [0, 0.1) is 11.6 Å². The molecule has 0 saturated heterocycles. The highest BCUT2D eigenvalue weighted by Gasteiger charge is 2.12. The van der Waals surface area contributed by atoms with Crippen LogP contribution in [0.3, 0.4) is 0 Å². The highest BCUT2D eigenvalue weighted by atomic mass is 35.5. The fraction of sp³-hybridized carbons (Fsp3) is 0.111. The predicted octanol–water partition coefficient (Wildman–Crippen LogP) is 3.88. The molecule has 4 rings (SSSR count). The van der Waals surface area contributed by atoms with Crippen LogP contribution >= 0.6 is 23.2 Å². The van der Waals surface area contributed by atoms with Gasteiger partial charge in [-0.1, -0.05) is 33.6 Å². The largest absolute Gasteiger partial charge is 0.259 e. The van der Waals surface area contributed by atoms with Gasteiger partial charge in [0.05, 0.1) is 56.7 Å². The molecule has 0 unspecified atom stereocenters. The highest BCUT2D eigenvalue weighted by Crippen LogP contribution is 2.20. The van der Waals surface area contributed by atoms with E-state index in [1.807, 2.05) is 0 Å². The molecule has 4 aromatic rings. The summed E-state index contributed by atoms with van der Waals surface area (Å²) in [5, 5.41) is 15.8. The van der Waals surface area contributed by atoms with Crippen LogP contribution in [-0.2, 0) is 22.3 Å². The van der Waals surface area contributed by atoms with Crippen LogP contribution in [0.2, 0.25) is 10.0 Å². The van der Waals surface area contributed by atoms with Crippen LogP contribution in [0.1, 0.15) is 11.4 Å². The van der Waals surface area contributed by atoms with E-state index in [9.17, 15) is 13.0 Å². The van der Waals surface area contributed by atoms with Gasteiger partial charge in [-0.25, -0.2) is 18.1 Å². The Kier molecular flexibility index (Phi) is 5.89. The molecule has 30 heavy (non-hydrogen) atoms.